The molecule has 0 radical (unpaired) electrons. The van der Waals surface area contributed by atoms with Crippen molar-refractivity contribution in [1.82, 2.24) is 5.32 Å². The SMILES string of the molecule is Cc1ccc(N2C[C@@H](NC(=O)Nc3ccc(Oc4ccccc4)cc3)CC2=O)cc1. The van der Waals surface area contributed by atoms with E-state index in [1.54, 1.807) is 29.2 Å². The lowest BCUT2D eigenvalue weighted by atomic mass is 10.2. The summed E-state index contributed by atoms with van der Waals surface area (Å²) in [6.45, 7) is 2.46. The average molecular weight is 401 g/mol. The molecule has 4 rings (SSSR count). The Labute approximate surface area is 175 Å². The van der Waals surface area contributed by atoms with Gasteiger partial charge in [0.25, 0.3) is 0 Å². The summed E-state index contributed by atoms with van der Waals surface area (Å²) in [5.74, 6) is 1.44. The second-order valence-electron chi connectivity index (χ2n) is 7.28. The molecule has 3 aromatic carbocycles. The van der Waals surface area contributed by atoms with Crippen molar-refractivity contribution in [1.29, 1.82) is 0 Å². The van der Waals surface area contributed by atoms with Crippen LogP contribution in [0.2, 0.25) is 0 Å². The van der Waals surface area contributed by atoms with E-state index < -0.39 is 0 Å². The van der Waals surface area contributed by atoms with Crippen LogP contribution in [0.3, 0.4) is 0 Å². The van der Waals surface area contributed by atoms with Gasteiger partial charge in [0, 0.05) is 24.3 Å². The van der Waals surface area contributed by atoms with E-state index in [9.17, 15) is 9.59 Å². The number of hydrogen-bond donors (Lipinski definition) is 2. The minimum atomic E-state index is -0.338. The molecule has 1 atom stereocenters. The molecule has 30 heavy (non-hydrogen) atoms. The van der Waals surface area contributed by atoms with Gasteiger partial charge in [0.2, 0.25) is 5.91 Å². The van der Waals surface area contributed by atoms with Gasteiger partial charge in [-0.05, 0) is 55.5 Å². The van der Waals surface area contributed by atoms with E-state index in [1.165, 1.54) is 0 Å². The molecule has 1 aliphatic heterocycles. The van der Waals surface area contributed by atoms with E-state index in [4.69, 9.17) is 4.74 Å². The number of nitrogens with zero attached hydrogens (tertiary/aromatic N) is 1. The number of anilines is 2. The van der Waals surface area contributed by atoms with Crippen LogP contribution < -0.4 is 20.3 Å². The van der Waals surface area contributed by atoms with E-state index in [0.717, 1.165) is 17.0 Å². The molecule has 0 aromatic heterocycles. The van der Waals surface area contributed by atoms with E-state index >= 15 is 0 Å². The number of hydrogen-bond acceptors (Lipinski definition) is 3. The molecule has 152 valence electrons. The number of ether oxygens (including phenoxy) is 1. The van der Waals surface area contributed by atoms with Gasteiger partial charge in [-0.15, -0.1) is 0 Å². The lowest BCUT2D eigenvalue weighted by Crippen LogP contribution is -2.39. The van der Waals surface area contributed by atoms with Gasteiger partial charge in [-0.1, -0.05) is 35.9 Å². The summed E-state index contributed by atoms with van der Waals surface area (Å²) < 4.78 is 5.75. The van der Waals surface area contributed by atoms with E-state index in [0.29, 0.717) is 18.0 Å². The first-order valence-corrected chi connectivity index (χ1v) is 9.84. The molecule has 3 aromatic rings. The minimum Gasteiger partial charge on any atom is -0.457 e. The maximum atomic E-state index is 12.4. The maximum absolute atomic E-state index is 12.4. The molecule has 2 N–H and O–H groups in total. The molecule has 0 bridgehead atoms. The van der Waals surface area contributed by atoms with Crippen molar-refractivity contribution in [2.24, 2.45) is 0 Å². The van der Waals surface area contributed by atoms with Crippen LogP contribution in [0.1, 0.15) is 12.0 Å². The van der Waals surface area contributed by atoms with Crippen LogP contribution in [0.5, 0.6) is 11.5 Å². The van der Waals surface area contributed by atoms with Crippen LogP contribution >= 0.6 is 0 Å². The summed E-state index contributed by atoms with van der Waals surface area (Å²) in [6, 6.07) is 23.9. The highest BCUT2D eigenvalue weighted by molar-refractivity contribution is 5.97. The first-order chi connectivity index (χ1) is 14.6. The Morgan fingerprint density at radius 1 is 0.933 bits per heavy atom. The number of nitrogens with one attached hydrogen (secondary N) is 2. The van der Waals surface area contributed by atoms with Gasteiger partial charge in [0.1, 0.15) is 11.5 Å². The van der Waals surface area contributed by atoms with Crippen molar-refractivity contribution in [2.45, 2.75) is 19.4 Å². The normalized spacial score (nSPS) is 15.7. The topological polar surface area (TPSA) is 70.7 Å². The number of rotatable bonds is 5. The van der Waals surface area contributed by atoms with Crippen LogP contribution in [-0.2, 0) is 4.79 Å². The number of para-hydroxylation sites is 1. The number of amides is 3. The Morgan fingerprint density at radius 2 is 1.60 bits per heavy atom. The number of aryl methyl sites for hydroxylation is 1. The van der Waals surface area contributed by atoms with Gasteiger partial charge in [-0.3, -0.25) is 4.79 Å². The predicted octanol–water partition coefficient (Wildman–Crippen LogP) is 4.71. The first-order valence-electron chi connectivity index (χ1n) is 9.84. The molecular formula is C24H23N3O3. The molecule has 3 amide bonds. The van der Waals surface area contributed by atoms with E-state index in [1.807, 2.05) is 61.5 Å². The van der Waals surface area contributed by atoms with Gasteiger partial charge in [-0.25, -0.2) is 4.79 Å². The second-order valence-corrected chi connectivity index (χ2v) is 7.28. The van der Waals surface area contributed by atoms with Gasteiger partial charge < -0.3 is 20.3 Å². The van der Waals surface area contributed by atoms with Crippen molar-refractivity contribution in [3.8, 4) is 11.5 Å². The summed E-state index contributed by atoms with van der Waals surface area (Å²) in [7, 11) is 0. The summed E-state index contributed by atoms with van der Waals surface area (Å²) >= 11 is 0. The van der Waals surface area contributed by atoms with Gasteiger partial charge in [0.05, 0.1) is 6.04 Å². The standard InChI is InChI=1S/C24H23N3O3/c1-17-7-11-20(12-8-17)27-16-19(15-23(27)28)26-24(29)25-18-9-13-22(14-10-18)30-21-5-3-2-4-6-21/h2-14,19H,15-16H2,1H3,(H2,25,26,29)/t19-/m0/s1. The molecule has 0 unspecified atom stereocenters. The third kappa shape index (κ3) is 4.78. The molecule has 1 fully saturated rings. The lowest BCUT2D eigenvalue weighted by molar-refractivity contribution is -0.117. The summed E-state index contributed by atoms with van der Waals surface area (Å²) in [4.78, 5) is 26.4. The Hall–Kier alpha value is -3.80. The smallest absolute Gasteiger partial charge is 0.319 e. The molecule has 0 saturated carbocycles. The number of benzene rings is 3. The van der Waals surface area contributed by atoms with Crippen molar-refractivity contribution < 1.29 is 14.3 Å². The Balaban J connectivity index is 1.30. The highest BCUT2D eigenvalue weighted by Gasteiger charge is 2.31. The van der Waals surface area contributed by atoms with Gasteiger partial charge in [0.15, 0.2) is 0 Å². The Morgan fingerprint density at radius 3 is 2.30 bits per heavy atom. The highest BCUT2D eigenvalue weighted by atomic mass is 16.5. The predicted molar refractivity (Wildman–Crippen MR) is 117 cm³/mol. The fraction of sp³-hybridized carbons (Fsp3) is 0.167. The summed E-state index contributed by atoms with van der Waals surface area (Å²) in [6.07, 6.45) is 0.283. The van der Waals surface area contributed by atoms with Gasteiger partial charge in [-0.2, -0.15) is 0 Å². The molecule has 1 aliphatic rings. The Bertz CT molecular complexity index is 1020. The molecular weight excluding hydrogens is 378 g/mol. The molecule has 1 saturated heterocycles. The van der Waals surface area contributed by atoms with E-state index in [2.05, 4.69) is 10.6 Å². The highest BCUT2D eigenvalue weighted by Crippen LogP contribution is 2.24. The van der Waals surface area contributed by atoms with Crippen molar-refractivity contribution >= 4 is 23.3 Å². The third-order valence-corrected chi connectivity index (χ3v) is 4.90. The molecule has 0 spiro atoms. The number of carbonyl (C=O) groups is 2. The van der Waals surface area contributed by atoms with Crippen molar-refractivity contribution in [2.75, 3.05) is 16.8 Å². The fourth-order valence-corrected chi connectivity index (χ4v) is 3.36. The van der Waals surface area contributed by atoms with Crippen LogP contribution in [-0.4, -0.2) is 24.5 Å². The maximum Gasteiger partial charge on any atom is 0.319 e. The molecule has 6 nitrogen and oxygen atoms in total. The van der Waals surface area contributed by atoms with Gasteiger partial charge >= 0.3 is 6.03 Å². The second kappa shape index (κ2) is 8.69. The zero-order valence-electron chi connectivity index (χ0n) is 16.7. The first kappa shape index (κ1) is 19.5. The summed E-state index contributed by atoms with van der Waals surface area (Å²) in [5.41, 5.74) is 2.64. The number of carbonyl (C=O) groups excluding carboxylic acids is 2. The van der Waals surface area contributed by atoms with Crippen molar-refractivity contribution in [3.63, 3.8) is 0 Å². The molecule has 6 heteroatoms. The van der Waals surface area contributed by atoms with Crippen LogP contribution in [0.15, 0.2) is 78.9 Å². The van der Waals surface area contributed by atoms with Crippen LogP contribution in [0, 0.1) is 6.92 Å². The fourth-order valence-electron chi connectivity index (χ4n) is 3.36. The summed E-state index contributed by atoms with van der Waals surface area (Å²) in [5, 5.41) is 5.68. The Kier molecular flexibility index (Phi) is 5.66. The van der Waals surface area contributed by atoms with Crippen LogP contribution in [0.25, 0.3) is 0 Å². The molecule has 1 heterocycles. The van der Waals surface area contributed by atoms with E-state index in [-0.39, 0.29) is 24.4 Å². The lowest BCUT2D eigenvalue weighted by Gasteiger charge is -2.17. The monoisotopic (exact) mass is 401 g/mol. The zero-order chi connectivity index (χ0) is 20.9. The van der Waals surface area contributed by atoms with Crippen molar-refractivity contribution in [3.05, 3.63) is 84.4 Å². The quantitative estimate of drug-likeness (QED) is 0.650. The molecule has 0 aliphatic carbocycles. The largest absolute Gasteiger partial charge is 0.457 e. The average Bonchev–Trinajstić information content (AvgIpc) is 3.10. The zero-order valence-corrected chi connectivity index (χ0v) is 16.7. The third-order valence-electron chi connectivity index (χ3n) is 4.90. The minimum absolute atomic E-state index is 0.00608. The van der Waals surface area contributed by atoms with Crippen LogP contribution in [0.4, 0.5) is 16.2 Å². The number of urea groups is 1.